The molecule has 0 aliphatic carbocycles. The van der Waals surface area contributed by atoms with E-state index in [1.54, 1.807) is 27.7 Å². The van der Waals surface area contributed by atoms with Crippen molar-refractivity contribution in [1.29, 1.82) is 0 Å². The van der Waals surface area contributed by atoms with E-state index in [4.69, 9.17) is 19.7 Å². The van der Waals surface area contributed by atoms with E-state index in [1.807, 2.05) is 0 Å². The Hall–Kier alpha value is -4.55. The third-order valence-corrected chi connectivity index (χ3v) is 5.73. The molecule has 1 aromatic heterocycles. The van der Waals surface area contributed by atoms with Crippen LogP contribution in [0.25, 0.3) is 0 Å². The summed E-state index contributed by atoms with van der Waals surface area (Å²) < 4.78 is 28.8. The number of hydrogen-bond acceptors (Lipinski definition) is 9. The van der Waals surface area contributed by atoms with Crippen LogP contribution < -0.4 is 16.4 Å². The number of nitrogens with zero attached hydrogens (tertiary/aromatic N) is 1. The minimum atomic E-state index is -1.42. The Labute approximate surface area is 236 Å². The van der Waals surface area contributed by atoms with E-state index in [9.17, 15) is 28.4 Å². The molecular formula is C28H35FN4O8. The molecule has 41 heavy (non-hydrogen) atoms. The zero-order valence-corrected chi connectivity index (χ0v) is 23.3. The largest absolute Gasteiger partial charge is 0.463 e. The smallest absolute Gasteiger partial charge is 0.330 e. The molecule has 0 spiro atoms. The number of halogens is 1. The summed E-state index contributed by atoms with van der Waals surface area (Å²) >= 11 is 0. The van der Waals surface area contributed by atoms with Gasteiger partial charge in [0.15, 0.2) is 11.8 Å². The number of nitrogens with one attached hydrogen (secondary N) is 2. The van der Waals surface area contributed by atoms with Crippen molar-refractivity contribution < 1.29 is 42.4 Å². The van der Waals surface area contributed by atoms with Gasteiger partial charge in [0.1, 0.15) is 17.6 Å². The number of benzene rings is 1. The number of carbonyl (C=O) groups is 5. The van der Waals surface area contributed by atoms with Gasteiger partial charge in [-0.2, -0.15) is 0 Å². The second-order valence-corrected chi connectivity index (χ2v) is 9.51. The molecule has 1 heterocycles. The Morgan fingerprint density at radius 1 is 1.12 bits per heavy atom. The Morgan fingerprint density at radius 3 is 2.37 bits per heavy atom. The fourth-order valence-corrected chi connectivity index (χ4v) is 3.60. The summed E-state index contributed by atoms with van der Waals surface area (Å²) in [7, 11) is 0. The van der Waals surface area contributed by atoms with Gasteiger partial charge >= 0.3 is 11.9 Å². The van der Waals surface area contributed by atoms with E-state index in [1.165, 1.54) is 36.4 Å². The summed E-state index contributed by atoms with van der Waals surface area (Å²) in [5.41, 5.74) is 5.70. The molecule has 0 aliphatic heterocycles. The Balaban J connectivity index is 2.28. The van der Waals surface area contributed by atoms with Crippen LogP contribution in [0.2, 0.25) is 0 Å². The fraction of sp³-hybridized carbons (Fsp3) is 0.429. The highest BCUT2D eigenvalue weighted by molar-refractivity contribution is 5.95. The summed E-state index contributed by atoms with van der Waals surface area (Å²) in [6, 6.07) is 4.66. The molecule has 2 rings (SSSR count). The fourth-order valence-electron chi connectivity index (χ4n) is 3.60. The molecule has 4 N–H and O–H groups in total. The lowest BCUT2D eigenvalue weighted by atomic mass is 10.0. The van der Waals surface area contributed by atoms with Gasteiger partial charge in [-0.1, -0.05) is 37.2 Å². The SMILES string of the molecule is CCOC(=O)C=C[C@H](CCC(N)=O)NC(=O)[C@H](Cc1ccc(F)cc1)OC(=O)[C@@H](NC(=O)c1cc(C)on1)C(C)C. The zero-order valence-electron chi connectivity index (χ0n) is 23.3. The molecule has 13 heteroatoms. The molecule has 12 nitrogen and oxygen atoms in total. The van der Waals surface area contributed by atoms with E-state index >= 15 is 0 Å². The van der Waals surface area contributed by atoms with Crippen LogP contribution in [-0.4, -0.2) is 59.6 Å². The van der Waals surface area contributed by atoms with Crippen molar-refractivity contribution in [3.63, 3.8) is 0 Å². The first-order chi connectivity index (χ1) is 19.4. The van der Waals surface area contributed by atoms with Crippen molar-refractivity contribution >= 4 is 29.7 Å². The first kappa shape index (κ1) is 32.7. The van der Waals surface area contributed by atoms with Gasteiger partial charge in [0, 0.05) is 31.0 Å². The van der Waals surface area contributed by atoms with Crippen LogP contribution in [-0.2, 0) is 35.1 Å². The average Bonchev–Trinajstić information content (AvgIpc) is 3.35. The normalized spacial score (nSPS) is 13.3. The lowest BCUT2D eigenvalue weighted by Crippen LogP contribution is -2.49. The van der Waals surface area contributed by atoms with Gasteiger partial charge in [0.05, 0.1) is 6.61 Å². The summed E-state index contributed by atoms with van der Waals surface area (Å²) in [6.07, 6.45) is 0.828. The number of aromatic nitrogens is 1. The Kier molecular flexibility index (Phi) is 12.7. The Morgan fingerprint density at radius 2 is 1.80 bits per heavy atom. The quantitative estimate of drug-likeness (QED) is 0.211. The number of amides is 3. The number of rotatable bonds is 15. The number of esters is 2. The Bertz CT molecular complexity index is 1240. The molecule has 0 aliphatic rings. The highest BCUT2D eigenvalue weighted by atomic mass is 19.1. The molecule has 0 radical (unpaired) electrons. The lowest BCUT2D eigenvalue weighted by molar-refractivity contribution is -0.158. The van der Waals surface area contributed by atoms with Crippen LogP contribution in [0.4, 0.5) is 4.39 Å². The van der Waals surface area contributed by atoms with E-state index in [2.05, 4.69) is 15.8 Å². The van der Waals surface area contributed by atoms with Crippen LogP contribution in [0, 0.1) is 18.7 Å². The summed E-state index contributed by atoms with van der Waals surface area (Å²) in [5, 5.41) is 8.83. The van der Waals surface area contributed by atoms with E-state index in [0.29, 0.717) is 11.3 Å². The van der Waals surface area contributed by atoms with Crippen LogP contribution in [0.5, 0.6) is 0 Å². The average molecular weight is 575 g/mol. The molecule has 0 saturated heterocycles. The second kappa shape index (κ2) is 15.9. The highest BCUT2D eigenvalue weighted by Crippen LogP contribution is 2.14. The third-order valence-electron chi connectivity index (χ3n) is 5.73. The second-order valence-electron chi connectivity index (χ2n) is 9.51. The third kappa shape index (κ3) is 11.2. The maximum atomic E-state index is 13.5. The molecule has 2 aromatic rings. The van der Waals surface area contributed by atoms with Gasteiger partial charge in [-0.05, 0) is 43.9 Å². The molecule has 0 fully saturated rings. The van der Waals surface area contributed by atoms with Gasteiger partial charge in [-0.3, -0.25) is 14.4 Å². The van der Waals surface area contributed by atoms with Crippen molar-refractivity contribution in [3.05, 3.63) is 65.3 Å². The van der Waals surface area contributed by atoms with Crippen molar-refractivity contribution in [2.75, 3.05) is 6.61 Å². The van der Waals surface area contributed by atoms with Crippen molar-refractivity contribution in [2.45, 2.75) is 65.1 Å². The number of hydrogen-bond donors (Lipinski definition) is 3. The van der Waals surface area contributed by atoms with E-state index in [0.717, 1.165) is 6.08 Å². The van der Waals surface area contributed by atoms with Gasteiger partial charge in [-0.15, -0.1) is 0 Å². The van der Waals surface area contributed by atoms with Crippen molar-refractivity contribution in [3.8, 4) is 0 Å². The van der Waals surface area contributed by atoms with Crippen LogP contribution in [0.15, 0.2) is 47.0 Å². The van der Waals surface area contributed by atoms with Gasteiger partial charge in [0.25, 0.3) is 11.8 Å². The monoisotopic (exact) mass is 574 g/mol. The molecule has 222 valence electrons. The van der Waals surface area contributed by atoms with E-state index in [-0.39, 0.29) is 31.6 Å². The van der Waals surface area contributed by atoms with Crippen LogP contribution in [0.3, 0.4) is 0 Å². The van der Waals surface area contributed by atoms with Crippen molar-refractivity contribution in [2.24, 2.45) is 11.7 Å². The molecule has 0 bridgehead atoms. The molecule has 3 atom stereocenters. The summed E-state index contributed by atoms with van der Waals surface area (Å²) in [5.74, 6) is -4.14. The maximum absolute atomic E-state index is 13.5. The number of nitrogens with two attached hydrogens (primary N) is 1. The molecular weight excluding hydrogens is 539 g/mol. The van der Waals surface area contributed by atoms with Crippen molar-refractivity contribution in [1.82, 2.24) is 15.8 Å². The van der Waals surface area contributed by atoms with Gasteiger partial charge in [0.2, 0.25) is 5.91 Å². The maximum Gasteiger partial charge on any atom is 0.330 e. The van der Waals surface area contributed by atoms with E-state index < -0.39 is 59.6 Å². The first-order valence-corrected chi connectivity index (χ1v) is 13.0. The number of ether oxygens (including phenoxy) is 2. The minimum absolute atomic E-state index is 0.0350. The zero-order chi connectivity index (χ0) is 30.5. The lowest BCUT2D eigenvalue weighted by Gasteiger charge is -2.25. The topological polar surface area (TPSA) is 180 Å². The standard InChI is InChI=1S/C28H35FN4O8/c1-5-39-24(35)13-11-20(10-12-23(30)34)31-27(37)22(15-18-6-8-19(29)9-7-18)40-28(38)25(16(2)3)32-26(36)21-14-17(4)41-33-21/h6-9,11,13-14,16,20,22,25H,5,10,12,15H2,1-4H3,(H2,30,34)(H,31,37)(H,32,36)/t20-,22-,25-/m0/s1. The predicted octanol–water partition coefficient (Wildman–Crippen LogP) is 1.90. The number of aryl methyl sites for hydroxylation is 1. The molecule has 0 saturated carbocycles. The highest BCUT2D eigenvalue weighted by Gasteiger charge is 2.32. The molecule has 0 unspecified atom stereocenters. The molecule has 3 amide bonds. The number of primary amides is 1. The molecule has 1 aromatic carbocycles. The van der Waals surface area contributed by atoms with Crippen LogP contribution in [0.1, 0.15) is 55.4 Å². The summed E-state index contributed by atoms with van der Waals surface area (Å²) in [6.45, 7) is 6.73. The predicted molar refractivity (Wildman–Crippen MR) is 143 cm³/mol. The first-order valence-electron chi connectivity index (χ1n) is 13.0. The number of carbonyl (C=O) groups excluding carboxylic acids is 5. The van der Waals surface area contributed by atoms with Gasteiger partial charge in [-0.25, -0.2) is 14.0 Å². The summed E-state index contributed by atoms with van der Waals surface area (Å²) in [4.78, 5) is 62.4. The minimum Gasteiger partial charge on any atom is -0.463 e. The van der Waals surface area contributed by atoms with Gasteiger partial charge < -0.3 is 30.4 Å². The van der Waals surface area contributed by atoms with Crippen LogP contribution >= 0.6 is 0 Å².